The fourth-order valence-electron chi connectivity index (χ4n) is 5.38. The Balaban J connectivity index is 2.22. The third kappa shape index (κ3) is 5.27. The second kappa shape index (κ2) is 11.0. The molecule has 0 aliphatic heterocycles. The van der Waals surface area contributed by atoms with Crippen LogP contribution in [0.2, 0.25) is 0 Å². The molecule has 0 amide bonds. The lowest BCUT2D eigenvalue weighted by molar-refractivity contribution is -0.436. The number of nitrogens with two attached hydrogens (primary N) is 1. The van der Waals surface area contributed by atoms with Crippen LogP contribution in [0.5, 0.6) is 0 Å². The summed E-state index contributed by atoms with van der Waals surface area (Å²) < 4.78 is 0. The zero-order valence-electron chi connectivity index (χ0n) is 21.3. The Bertz CT molecular complexity index is 1020. The Morgan fingerprint density at radius 1 is 1.06 bits per heavy atom. The van der Waals surface area contributed by atoms with Gasteiger partial charge in [-0.15, -0.1) is 0 Å². The standard InChI is InChI=1S/C29H39N5/c1-18(2)24-11-8-12-25(19(3)4)27(24)34(29(33)26-10-7-6-9-20(26)5)28(32)23-14-21(16-30)13-22(15-23)17-31/h6-8,11-12,14-15,18-21,26,28-29H,9-10,13,32-33H2,1-5H3/p+1. The van der Waals surface area contributed by atoms with Crippen molar-refractivity contribution in [3.63, 3.8) is 0 Å². The maximum Gasteiger partial charge on any atom is 0.165 e. The molecule has 0 heterocycles. The molecule has 2 aliphatic rings. The van der Waals surface area contributed by atoms with Crippen LogP contribution in [0.25, 0.3) is 0 Å². The van der Waals surface area contributed by atoms with Gasteiger partial charge in [-0.25, -0.2) is 0 Å². The average molecular weight is 459 g/mol. The van der Waals surface area contributed by atoms with E-state index in [1.807, 2.05) is 12.2 Å². The highest BCUT2D eigenvalue weighted by molar-refractivity contribution is 5.64. The molecule has 5 unspecified atom stereocenters. The van der Waals surface area contributed by atoms with Crippen LogP contribution in [-0.2, 0) is 0 Å². The van der Waals surface area contributed by atoms with Gasteiger partial charge < -0.3 is 16.4 Å². The SMILES string of the molecule is CC(C)c1cccc(C(C)C)c1N(C(N)C1=CC(C#N)CC(C#N)=C1)C([NH3+])C1CC=CCC1C. The number of anilines is 1. The number of nitriles is 2. The van der Waals surface area contributed by atoms with Gasteiger partial charge in [0.25, 0.3) is 0 Å². The molecule has 1 aromatic rings. The molecule has 5 nitrogen and oxygen atoms in total. The summed E-state index contributed by atoms with van der Waals surface area (Å²) in [6.45, 7) is 11.2. The highest BCUT2D eigenvalue weighted by atomic mass is 15.3. The third-order valence-electron chi connectivity index (χ3n) is 7.39. The van der Waals surface area contributed by atoms with Crippen molar-refractivity contribution in [2.45, 2.75) is 78.0 Å². The molecule has 0 spiro atoms. The van der Waals surface area contributed by atoms with Crippen LogP contribution in [-0.4, -0.2) is 12.3 Å². The van der Waals surface area contributed by atoms with E-state index >= 15 is 0 Å². The van der Waals surface area contributed by atoms with E-state index in [4.69, 9.17) is 11.5 Å². The first-order valence-corrected chi connectivity index (χ1v) is 12.6. The summed E-state index contributed by atoms with van der Waals surface area (Å²) in [6.07, 6.45) is 10.3. The smallest absolute Gasteiger partial charge is 0.165 e. The van der Waals surface area contributed by atoms with Crippen molar-refractivity contribution in [2.24, 2.45) is 23.5 Å². The molecule has 0 saturated heterocycles. The Kier molecular flexibility index (Phi) is 8.37. The topological polar surface area (TPSA) is 104 Å². The summed E-state index contributed by atoms with van der Waals surface area (Å²) in [7, 11) is 0. The number of para-hydroxylation sites is 1. The van der Waals surface area contributed by atoms with E-state index in [9.17, 15) is 10.5 Å². The minimum Gasteiger partial charge on any atom is -0.338 e. The lowest BCUT2D eigenvalue weighted by Gasteiger charge is -2.43. The van der Waals surface area contributed by atoms with Gasteiger partial charge >= 0.3 is 0 Å². The normalized spacial score (nSPS) is 24.1. The van der Waals surface area contributed by atoms with E-state index in [1.54, 1.807) is 0 Å². The van der Waals surface area contributed by atoms with Crippen LogP contribution < -0.4 is 16.4 Å². The molecule has 0 aromatic heterocycles. The van der Waals surface area contributed by atoms with Crippen molar-refractivity contribution in [1.82, 2.24) is 0 Å². The highest BCUT2D eigenvalue weighted by Crippen LogP contribution is 2.40. The third-order valence-corrected chi connectivity index (χ3v) is 7.39. The highest BCUT2D eigenvalue weighted by Gasteiger charge is 2.38. The van der Waals surface area contributed by atoms with Crippen LogP contribution in [0.3, 0.4) is 0 Å². The van der Waals surface area contributed by atoms with Crippen molar-refractivity contribution in [1.29, 1.82) is 10.5 Å². The lowest BCUT2D eigenvalue weighted by Crippen LogP contribution is -2.76. The number of rotatable bonds is 7. The molecule has 0 saturated carbocycles. The number of quaternary nitrogens is 1. The van der Waals surface area contributed by atoms with Gasteiger partial charge in [-0.2, -0.15) is 10.5 Å². The summed E-state index contributed by atoms with van der Waals surface area (Å²) in [6, 6.07) is 11.1. The molecule has 5 atom stereocenters. The van der Waals surface area contributed by atoms with Crippen LogP contribution in [0.4, 0.5) is 5.69 Å². The molecule has 2 aliphatic carbocycles. The predicted molar refractivity (Wildman–Crippen MR) is 138 cm³/mol. The molecular formula is C29H40N5+. The van der Waals surface area contributed by atoms with Gasteiger partial charge in [0.15, 0.2) is 6.17 Å². The average Bonchev–Trinajstić information content (AvgIpc) is 2.83. The second-order valence-electron chi connectivity index (χ2n) is 10.5. The molecule has 180 valence electrons. The molecule has 5 N–H and O–H groups in total. The monoisotopic (exact) mass is 458 g/mol. The number of benzene rings is 1. The maximum atomic E-state index is 9.64. The first-order chi connectivity index (χ1) is 16.2. The van der Waals surface area contributed by atoms with Gasteiger partial charge in [-0.1, -0.05) is 71.0 Å². The largest absolute Gasteiger partial charge is 0.338 e. The Morgan fingerprint density at radius 3 is 2.21 bits per heavy atom. The van der Waals surface area contributed by atoms with Gasteiger partial charge in [0.05, 0.1) is 23.7 Å². The lowest BCUT2D eigenvalue weighted by atomic mass is 9.80. The predicted octanol–water partition coefficient (Wildman–Crippen LogP) is 5.11. The first kappa shape index (κ1) is 25.8. The molecule has 0 bridgehead atoms. The van der Waals surface area contributed by atoms with Gasteiger partial charge in [0, 0.05) is 17.9 Å². The maximum absolute atomic E-state index is 9.64. The summed E-state index contributed by atoms with van der Waals surface area (Å²) in [5, 5.41) is 19.2. The van der Waals surface area contributed by atoms with Gasteiger partial charge in [0.2, 0.25) is 0 Å². The van der Waals surface area contributed by atoms with E-state index in [2.05, 4.69) is 82.0 Å². The van der Waals surface area contributed by atoms with E-state index in [1.165, 1.54) is 11.1 Å². The van der Waals surface area contributed by atoms with Crippen molar-refractivity contribution in [3.05, 3.63) is 64.8 Å². The van der Waals surface area contributed by atoms with E-state index in [0.717, 1.165) is 24.1 Å². The van der Waals surface area contributed by atoms with Crippen LogP contribution in [0, 0.1) is 40.4 Å². The molecule has 0 fully saturated rings. The fraction of sp³-hybridized carbons (Fsp3) is 0.517. The number of hydrogen-bond acceptors (Lipinski definition) is 4. The van der Waals surface area contributed by atoms with E-state index in [-0.39, 0.29) is 12.1 Å². The Labute approximate surface area is 205 Å². The van der Waals surface area contributed by atoms with Crippen molar-refractivity contribution in [3.8, 4) is 12.1 Å². The van der Waals surface area contributed by atoms with Crippen LogP contribution in [0.1, 0.15) is 76.8 Å². The zero-order chi connectivity index (χ0) is 25.0. The molecule has 3 rings (SSSR count). The van der Waals surface area contributed by atoms with Crippen LogP contribution in [0.15, 0.2) is 53.6 Å². The summed E-state index contributed by atoms with van der Waals surface area (Å²) in [5.74, 6) is 1.14. The second-order valence-corrected chi connectivity index (χ2v) is 10.5. The van der Waals surface area contributed by atoms with Gasteiger partial charge in [0.1, 0.15) is 6.17 Å². The van der Waals surface area contributed by atoms with Crippen molar-refractivity contribution >= 4 is 5.69 Å². The molecule has 1 aromatic carbocycles. The van der Waals surface area contributed by atoms with Crippen LogP contribution >= 0.6 is 0 Å². The summed E-state index contributed by atoms with van der Waals surface area (Å²) in [4.78, 5) is 2.31. The summed E-state index contributed by atoms with van der Waals surface area (Å²) >= 11 is 0. The van der Waals surface area contributed by atoms with Gasteiger partial charge in [-0.05, 0) is 53.4 Å². The Morgan fingerprint density at radius 2 is 1.68 bits per heavy atom. The first-order valence-electron chi connectivity index (χ1n) is 12.6. The minimum absolute atomic E-state index is 0.0605. The molecule has 0 radical (unpaired) electrons. The number of hydrogen-bond donors (Lipinski definition) is 2. The van der Waals surface area contributed by atoms with Crippen molar-refractivity contribution in [2.75, 3.05) is 4.90 Å². The van der Waals surface area contributed by atoms with E-state index < -0.39 is 6.17 Å². The summed E-state index contributed by atoms with van der Waals surface area (Å²) in [5.41, 5.74) is 16.9. The minimum atomic E-state index is -0.502. The van der Waals surface area contributed by atoms with Gasteiger partial charge in [-0.3, -0.25) is 0 Å². The zero-order valence-corrected chi connectivity index (χ0v) is 21.3. The molecule has 5 heteroatoms. The number of allylic oxidation sites excluding steroid dienone is 4. The van der Waals surface area contributed by atoms with E-state index in [0.29, 0.717) is 35.7 Å². The number of nitrogens with zero attached hydrogens (tertiary/aromatic N) is 3. The molecular weight excluding hydrogens is 418 g/mol. The quantitative estimate of drug-likeness (QED) is 0.437. The van der Waals surface area contributed by atoms with Crippen molar-refractivity contribution < 1.29 is 5.73 Å². The Hall–Kier alpha value is -2.86. The fourth-order valence-corrected chi connectivity index (χ4v) is 5.38. The molecule has 34 heavy (non-hydrogen) atoms.